The van der Waals surface area contributed by atoms with Crippen molar-refractivity contribution in [3.8, 4) is 0 Å². The molecule has 1 atom stereocenters. The lowest BCUT2D eigenvalue weighted by Gasteiger charge is -2.30. The molecule has 0 saturated heterocycles. The van der Waals surface area contributed by atoms with Crippen LogP contribution in [0, 0.1) is 0 Å². The molecule has 274 valence electrons. The number of likely N-dealkylation sites (N-methyl/N-ethyl adjacent to an activating group) is 1. The monoisotopic (exact) mass is 753 g/mol. The van der Waals surface area contributed by atoms with Crippen LogP contribution in [-0.2, 0) is 27.4 Å². The first kappa shape index (κ1) is 36.2. The molecule has 1 N–H and O–H groups in total. The molecule has 0 bridgehead atoms. The summed E-state index contributed by atoms with van der Waals surface area (Å²) >= 11 is 7.29. The molecule has 0 saturated carbocycles. The van der Waals surface area contributed by atoms with E-state index in [2.05, 4.69) is 141 Å². The molecule has 0 aromatic heterocycles. The van der Waals surface area contributed by atoms with Crippen molar-refractivity contribution < 1.29 is 17.5 Å². The largest absolute Gasteiger partial charge is 0.347 e. The number of fused-ring (bicyclic) bond motifs is 6. The van der Waals surface area contributed by atoms with Crippen molar-refractivity contribution >= 4 is 60.4 Å². The van der Waals surface area contributed by atoms with E-state index >= 15 is 0 Å². The number of allylic oxidation sites excluding steroid dienone is 8. The molecule has 2 heterocycles. The Labute approximate surface area is 324 Å². The van der Waals surface area contributed by atoms with Crippen LogP contribution in [0.1, 0.15) is 63.1 Å². The van der Waals surface area contributed by atoms with Gasteiger partial charge in [-0.2, -0.15) is 13.0 Å². The van der Waals surface area contributed by atoms with E-state index in [9.17, 15) is 13.0 Å². The minimum Gasteiger partial charge on any atom is -0.347 e. The lowest BCUT2D eigenvalue weighted by molar-refractivity contribution is -0.401. The average Bonchev–Trinajstić information content (AvgIpc) is 3.50. The van der Waals surface area contributed by atoms with Gasteiger partial charge in [0.2, 0.25) is 5.69 Å². The third kappa shape index (κ3) is 6.05. The first-order chi connectivity index (χ1) is 25.8. The number of anilines is 1. The van der Waals surface area contributed by atoms with Crippen LogP contribution in [-0.4, -0.2) is 37.4 Å². The lowest BCUT2D eigenvalue weighted by atomic mass is 9.75. The summed E-state index contributed by atoms with van der Waals surface area (Å²) < 4.78 is 35.2. The summed E-state index contributed by atoms with van der Waals surface area (Å²) in [5.41, 5.74) is 10.4. The molecule has 5 nitrogen and oxygen atoms in total. The van der Waals surface area contributed by atoms with Gasteiger partial charge in [0.05, 0.1) is 10.3 Å². The quantitative estimate of drug-likeness (QED) is 0.133. The topological polar surface area (TPSA) is 60.6 Å². The van der Waals surface area contributed by atoms with Crippen molar-refractivity contribution in [3.05, 3.63) is 160 Å². The van der Waals surface area contributed by atoms with Gasteiger partial charge >= 0.3 is 0 Å². The number of rotatable bonds is 7. The summed E-state index contributed by atoms with van der Waals surface area (Å²) in [4.78, 5) is 2.22. The second kappa shape index (κ2) is 13.5. The second-order valence-corrected chi connectivity index (χ2v) is 17.5. The Morgan fingerprint density at radius 1 is 0.815 bits per heavy atom. The van der Waals surface area contributed by atoms with Gasteiger partial charge in [-0.3, -0.25) is 4.55 Å². The van der Waals surface area contributed by atoms with Crippen molar-refractivity contribution in [3.63, 3.8) is 0 Å². The SMILES string of the molecule is CN1C(=CC=C2CCCC(C=CC3=[N+](C)c4ccc5ccccc5c4C3(C)C)=C2Cl)C(C)(CCc2ccc(S(=O)(=O)O)cc2)c2c1ccc1ccccc21. The smallest absolute Gasteiger partial charge is 0.294 e. The van der Waals surface area contributed by atoms with Gasteiger partial charge < -0.3 is 4.90 Å². The van der Waals surface area contributed by atoms with Crippen molar-refractivity contribution in [2.45, 2.75) is 68.6 Å². The Morgan fingerprint density at radius 2 is 1.46 bits per heavy atom. The first-order valence-corrected chi connectivity index (χ1v) is 20.5. The third-order valence-corrected chi connectivity index (χ3v) is 13.5. The van der Waals surface area contributed by atoms with Gasteiger partial charge in [-0.1, -0.05) is 90.5 Å². The average molecular weight is 754 g/mol. The van der Waals surface area contributed by atoms with Crippen molar-refractivity contribution in [2.24, 2.45) is 0 Å². The molecule has 54 heavy (non-hydrogen) atoms. The second-order valence-electron chi connectivity index (χ2n) is 15.7. The lowest BCUT2D eigenvalue weighted by Crippen LogP contribution is -2.27. The van der Waals surface area contributed by atoms with Crippen LogP contribution in [0.4, 0.5) is 11.4 Å². The van der Waals surface area contributed by atoms with Crippen molar-refractivity contribution in [2.75, 3.05) is 19.0 Å². The summed E-state index contributed by atoms with van der Waals surface area (Å²) in [6, 6.07) is 32.7. The molecular formula is C47H46ClN2O3S+. The van der Waals surface area contributed by atoms with E-state index in [1.54, 1.807) is 12.1 Å². The predicted octanol–water partition coefficient (Wildman–Crippen LogP) is 11.3. The molecule has 0 spiro atoms. The van der Waals surface area contributed by atoms with Gasteiger partial charge in [-0.15, -0.1) is 0 Å². The fourth-order valence-electron chi connectivity index (χ4n) is 9.28. The Bertz CT molecular complexity index is 2630. The Balaban J connectivity index is 1.14. The van der Waals surface area contributed by atoms with Crippen molar-refractivity contribution in [1.29, 1.82) is 0 Å². The maximum Gasteiger partial charge on any atom is 0.294 e. The molecule has 0 fully saturated rings. The van der Waals surface area contributed by atoms with Gasteiger partial charge in [0.25, 0.3) is 10.1 Å². The van der Waals surface area contributed by atoms with Crippen molar-refractivity contribution in [1.82, 2.24) is 0 Å². The Hall–Kier alpha value is -4.75. The van der Waals surface area contributed by atoms with Gasteiger partial charge in [0.15, 0.2) is 5.71 Å². The molecule has 0 radical (unpaired) electrons. The summed E-state index contributed by atoms with van der Waals surface area (Å²) in [5.74, 6) is 0. The summed E-state index contributed by atoms with van der Waals surface area (Å²) in [6.07, 6.45) is 13.4. The van der Waals surface area contributed by atoms with E-state index < -0.39 is 10.1 Å². The zero-order valence-corrected chi connectivity index (χ0v) is 33.1. The number of nitrogens with zero attached hydrogens (tertiary/aromatic N) is 2. The van der Waals surface area contributed by atoms with Crippen LogP contribution in [0.2, 0.25) is 0 Å². The van der Waals surface area contributed by atoms with Gasteiger partial charge in [0.1, 0.15) is 7.05 Å². The van der Waals surface area contributed by atoms with Crippen LogP contribution in [0.25, 0.3) is 21.5 Å². The molecule has 8 rings (SSSR count). The van der Waals surface area contributed by atoms with E-state index in [4.69, 9.17) is 11.6 Å². The van der Waals surface area contributed by atoms with E-state index in [0.29, 0.717) is 0 Å². The van der Waals surface area contributed by atoms with E-state index in [1.165, 1.54) is 67.6 Å². The van der Waals surface area contributed by atoms with Gasteiger partial charge in [-0.25, -0.2) is 0 Å². The van der Waals surface area contributed by atoms with E-state index in [0.717, 1.165) is 53.8 Å². The molecule has 1 aliphatic carbocycles. The van der Waals surface area contributed by atoms with Gasteiger partial charge in [0, 0.05) is 46.6 Å². The maximum atomic E-state index is 11.7. The number of hydrogen-bond acceptors (Lipinski definition) is 3. The van der Waals surface area contributed by atoms with Crippen LogP contribution in [0.15, 0.2) is 148 Å². The van der Waals surface area contributed by atoms with E-state index in [1.807, 2.05) is 0 Å². The highest BCUT2D eigenvalue weighted by atomic mass is 35.5. The summed E-state index contributed by atoms with van der Waals surface area (Å²) in [5, 5.41) is 5.84. The van der Waals surface area contributed by atoms with Crippen LogP contribution < -0.4 is 4.90 Å². The number of halogens is 1. The molecule has 3 aliphatic rings. The maximum absolute atomic E-state index is 11.7. The molecule has 5 aromatic rings. The molecule has 1 unspecified atom stereocenters. The molecule has 2 aliphatic heterocycles. The fraction of sp³-hybridized carbons (Fsp3) is 0.255. The highest BCUT2D eigenvalue weighted by molar-refractivity contribution is 7.85. The molecular weight excluding hydrogens is 708 g/mol. The Kier molecular flexibility index (Phi) is 9.07. The number of hydrogen-bond donors (Lipinski definition) is 1. The third-order valence-electron chi connectivity index (χ3n) is 12.1. The van der Waals surface area contributed by atoms with Gasteiger partial charge in [-0.05, 0) is 127 Å². The molecule has 0 amide bonds. The number of benzene rings is 5. The van der Waals surface area contributed by atoms with Crippen LogP contribution in [0.3, 0.4) is 0 Å². The first-order valence-electron chi connectivity index (χ1n) is 18.7. The Morgan fingerprint density at radius 3 is 2.15 bits per heavy atom. The molecule has 5 aromatic carbocycles. The fourth-order valence-corrected chi connectivity index (χ4v) is 10.1. The van der Waals surface area contributed by atoms with Crippen LogP contribution >= 0.6 is 11.6 Å². The van der Waals surface area contributed by atoms with E-state index in [-0.39, 0.29) is 15.7 Å². The predicted molar refractivity (Wildman–Crippen MR) is 224 cm³/mol. The molecule has 7 heteroatoms. The number of aryl methyl sites for hydroxylation is 1. The minimum atomic E-state index is -4.25. The summed E-state index contributed by atoms with van der Waals surface area (Å²) in [7, 11) is 0.0676. The van der Waals surface area contributed by atoms with Crippen LogP contribution in [0.5, 0.6) is 0 Å². The summed E-state index contributed by atoms with van der Waals surface area (Å²) in [6.45, 7) is 6.96. The normalized spacial score (nSPS) is 21.4. The highest BCUT2D eigenvalue weighted by Gasteiger charge is 2.45. The highest BCUT2D eigenvalue weighted by Crippen LogP contribution is 2.53. The zero-order valence-electron chi connectivity index (χ0n) is 31.5. The standard InChI is InChI=1S/C47H45ClN2O3S/c1-46(2)41(49(4)39-25-19-32-11-6-8-15-37(32)43(39)46)27-21-34-13-10-14-35(45(34)48)22-28-42-47(3,30-29-31-17-23-36(24-18-31)54(51,52)53)44-38-16-9-7-12-33(38)20-26-40(44)50(42)5/h6-9,11-12,15-28H,10,13-14,29-30H2,1-5H3/p+1. The zero-order chi connectivity index (χ0) is 38.0. The minimum absolute atomic E-state index is 0.0930.